The van der Waals surface area contributed by atoms with Gasteiger partial charge < -0.3 is 20.1 Å². The molecule has 1 aromatic heterocycles. The number of benzene rings is 3. The van der Waals surface area contributed by atoms with Gasteiger partial charge in [-0.25, -0.2) is 4.79 Å². The highest BCUT2D eigenvalue weighted by Gasteiger charge is 2.23. The molecule has 2 amide bonds. The van der Waals surface area contributed by atoms with E-state index in [2.05, 4.69) is 10.6 Å². The van der Waals surface area contributed by atoms with Crippen LogP contribution in [0.25, 0.3) is 11.1 Å². The van der Waals surface area contributed by atoms with Gasteiger partial charge in [0.1, 0.15) is 16.3 Å². The Labute approximate surface area is 244 Å². The zero-order valence-electron chi connectivity index (χ0n) is 23.9. The number of para-hydroxylation sites is 1. The number of ether oxygens (including phenoxy) is 2. The fourth-order valence-electron chi connectivity index (χ4n) is 4.35. The van der Waals surface area contributed by atoms with Crippen molar-refractivity contribution >= 4 is 39.8 Å². The van der Waals surface area contributed by atoms with Crippen LogP contribution in [-0.4, -0.2) is 30.5 Å². The maximum atomic E-state index is 13.1. The van der Waals surface area contributed by atoms with Gasteiger partial charge in [0.05, 0.1) is 6.61 Å². The van der Waals surface area contributed by atoms with E-state index in [0.29, 0.717) is 27.4 Å². The first-order valence-electron chi connectivity index (χ1n) is 13.5. The minimum absolute atomic E-state index is 0.220. The standard InChI is InChI=1S/C33H34N2O5S/c1-6-23-10-8-9-21(4)29(23)34-30(36)22(5)40-26-17-15-25(16-18-26)31(37)35-32-28(33(38)39-7-2)27(19-41-32)24-13-11-20(3)12-14-24/h8-19,22H,6-7H2,1-5H3,(H,34,36)(H,35,37)/t22-/m1/s1. The van der Waals surface area contributed by atoms with Crippen LogP contribution in [0.1, 0.15) is 58.2 Å². The third-order valence-electron chi connectivity index (χ3n) is 6.65. The lowest BCUT2D eigenvalue weighted by atomic mass is 10.0. The molecule has 41 heavy (non-hydrogen) atoms. The first-order chi connectivity index (χ1) is 19.7. The van der Waals surface area contributed by atoms with E-state index in [1.807, 2.05) is 68.6 Å². The van der Waals surface area contributed by atoms with Crippen molar-refractivity contribution in [1.82, 2.24) is 0 Å². The smallest absolute Gasteiger partial charge is 0.341 e. The summed E-state index contributed by atoms with van der Waals surface area (Å²) in [6.45, 7) is 9.64. The summed E-state index contributed by atoms with van der Waals surface area (Å²) in [5.74, 6) is -0.677. The van der Waals surface area contributed by atoms with Gasteiger partial charge in [-0.15, -0.1) is 11.3 Å². The van der Waals surface area contributed by atoms with Crippen LogP contribution >= 0.6 is 11.3 Å². The zero-order valence-corrected chi connectivity index (χ0v) is 24.7. The molecule has 1 heterocycles. The number of hydrogen-bond acceptors (Lipinski definition) is 6. The number of anilines is 2. The molecule has 0 spiro atoms. The summed E-state index contributed by atoms with van der Waals surface area (Å²) in [6, 6.07) is 20.3. The molecule has 0 fully saturated rings. The molecule has 8 heteroatoms. The monoisotopic (exact) mass is 570 g/mol. The van der Waals surface area contributed by atoms with Gasteiger partial charge in [0.25, 0.3) is 11.8 Å². The molecule has 3 aromatic carbocycles. The van der Waals surface area contributed by atoms with E-state index in [4.69, 9.17) is 9.47 Å². The summed E-state index contributed by atoms with van der Waals surface area (Å²) >= 11 is 1.27. The summed E-state index contributed by atoms with van der Waals surface area (Å²) in [5, 5.41) is 8.10. The number of esters is 1. The van der Waals surface area contributed by atoms with E-state index in [1.165, 1.54) is 11.3 Å². The number of thiophene rings is 1. The highest BCUT2D eigenvalue weighted by molar-refractivity contribution is 7.15. The Hall–Kier alpha value is -4.43. The number of rotatable bonds is 10. The summed E-state index contributed by atoms with van der Waals surface area (Å²) in [5.41, 5.74) is 6.24. The second-order valence-corrected chi connectivity index (χ2v) is 10.5. The first kappa shape index (κ1) is 29.6. The Balaban J connectivity index is 1.45. The summed E-state index contributed by atoms with van der Waals surface area (Å²) in [6.07, 6.45) is 0.0493. The Morgan fingerprint density at radius 2 is 1.61 bits per heavy atom. The normalized spacial score (nSPS) is 11.4. The van der Waals surface area contributed by atoms with Gasteiger partial charge in [-0.2, -0.15) is 0 Å². The van der Waals surface area contributed by atoms with Crippen molar-refractivity contribution in [3.63, 3.8) is 0 Å². The van der Waals surface area contributed by atoms with Crippen LogP contribution in [0.15, 0.2) is 72.1 Å². The van der Waals surface area contributed by atoms with Crippen molar-refractivity contribution in [2.45, 2.75) is 47.1 Å². The molecule has 0 unspecified atom stereocenters. The molecule has 212 valence electrons. The van der Waals surface area contributed by atoms with Gasteiger partial charge in [-0.1, -0.05) is 55.0 Å². The van der Waals surface area contributed by atoms with Gasteiger partial charge >= 0.3 is 5.97 Å². The summed E-state index contributed by atoms with van der Waals surface area (Å²) in [7, 11) is 0. The topological polar surface area (TPSA) is 93.7 Å². The second-order valence-electron chi connectivity index (χ2n) is 9.63. The average Bonchev–Trinajstić information content (AvgIpc) is 3.38. The molecular formula is C33H34N2O5S. The van der Waals surface area contributed by atoms with Crippen molar-refractivity contribution in [1.29, 1.82) is 0 Å². The number of carbonyl (C=O) groups is 3. The molecule has 0 saturated heterocycles. The van der Waals surface area contributed by atoms with Crippen LogP contribution in [0.3, 0.4) is 0 Å². The largest absolute Gasteiger partial charge is 0.481 e. The molecule has 1 atom stereocenters. The maximum Gasteiger partial charge on any atom is 0.341 e. The van der Waals surface area contributed by atoms with Crippen molar-refractivity contribution in [2.75, 3.05) is 17.2 Å². The number of amides is 2. The van der Waals surface area contributed by atoms with Gasteiger partial charge in [0, 0.05) is 22.2 Å². The van der Waals surface area contributed by atoms with Crippen LogP contribution < -0.4 is 15.4 Å². The summed E-state index contributed by atoms with van der Waals surface area (Å²) < 4.78 is 11.1. The first-order valence-corrected chi connectivity index (χ1v) is 14.4. The number of nitrogens with one attached hydrogen (secondary N) is 2. The molecule has 4 rings (SSSR count). The highest BCUT2D eigenvalue weighted by Crippen LogP contribution is 2.36. The molecule has 0 saturated carbocycles. The number of hydrogen-bond donors (Lipinski definition) is 2. The minimum atomic E-state index is -0.752. The second kappa shape index (κ2) is 13.3. The lowest BCUT2D eigenvalue weighted by molar-refractivity contribution is -0.122. The van der Waals surface area contributed by atoms with Crippen LogP contribution in [-0.2, 0) is 16.0 Å². The molecule has 4 aromatic rings. The minimum Gasteiger partial charge on any atom is -0.481 e. The van der Waals surface area contributed by atoms with Crippen molar-refractivity contribution in [2.24, 2.45) is 0 Å². The van der Waals surface area contributed by atoms with Crippen molar-refractivity contribution in [3.05, 3.63) is 99.9 Å². The quantitative estimate of drug-likeness (QED) is 0.193. The van der Waals surface area contributed by atoms with Gasteiger partial charge in [0.15, 0.2) is 6.10 Å². The third kappa shape index (κ3) is 7.02. The molecule has 2 N–H and O–H groups in total. The van der Waals surface area contributed by atoms with Gasteiger partial charge in [-0.3, -0.25) is 9.59 Å². The SMILES string of the molecule is CCOC(=O)c1c(-c2ccc(C)cc2)csc1NC(=O)c1ccc(O[C@H](C)C(=O)Nc2c(C)cccc2CC)cc1. The maximum absolute atomic E-state index is 13.1. The van der Waals surface area contributed by atoms with Crippen LogP contribution in [0.2, 0.25) is 0 Å². The molecular weight excluding hydrogens is 536 g/mol. The van der Waals surface area contributed by atoms with E-state index >= 15 is 0 Å². The van der Waals surface area contributed by atoms with E-state index in [1.54, 1.807) is 38.1 Å². The Morgan fingerprint density at radius 1 is 0.902 bits per heavy atom. The fraction of sp³-hybridized carbons (Fsp3) is 0.242. The number of carbonyl (C=O) groups excluding carboxylic acids is 3. The van der Waals surface area contributed by atoms with Crippen LogP contribution in [0, 0.1) is 13.8 Å². The average molecular weight is 571 g/mol. The predicted molar refractivity (Wildman–Crippen MR) is 164 cm³/mol. The number of aryl methyl sites for hydroxylation is 3. The zero-order chi connectivity index (χ0) is 29.5. The van der Waals surface area contributed by atoms with E-state index in [0.717, 1.165) is 34.4 Å². The van der Waals surface area contributed by atoms with Crippen molar-refractivity contribution < 1.29 is 23.9 Å². The van der Waals surface area contributed by atoms with Gasteiger partial charge in [-0.05, 0) is 75.1 Å². The Bertz CT molecular complexity index is 1540. The van der Waals surface area contributed by atoms with Gasteiger partial charge in [0.2, 0.25) is 0 Å². The van der Waals surface area contributed by atoms with Crippen molar-refractivity contribution in [3.8, 4) is 16.9 Å². The molecule has 0 radical (unpaired) electrons. The third-order valence-corrected chi connectivity index (χ3v) is 7.54. The molecule has 0 aliphatic heterocycles. The molecule has 0 aliphatic rings. The fourth-order valence-corrected chi connectivity index (χ4v) is 5.30. The lowest BCUT2D eigenvalue weighted by Gasteiger charge is -2.18. The highest BCUT2D eigenvalue weighted by atomic mass is 32.1. The molecule has 0 bridgehead atoms. The molecule has 7 nitrogen and oxygen atoms in total. The predicted octanol–water partition coefficient (Wildman–Crippen LogP) is 7.43. The summed E-state index contributed by atoms with van der Waals surface area (Å²) in [4.78, 5) is 38.8. The lowest BCUT2D eigenvalue weighted by Crippen LogP contribution is -2.30. The van der Waals surface area contributed by atoms with E-state index in [-0.39, 0.29) is 18.4 Å². The van der Waals surface area contributed by atoms with E-state index < -0.39 is 12.1 Å². The Kier molecular flexibility index (Phi) is 9.57. The van der Waals surface area contributed by atoms with E-state index in [9.17, 15) is 14.4 Å². The Morgan fingerprint density at radius 3 is 2.27 bits per heavy atom. The van der Waals surface area contributed by atoms with Crippen LogP contribution in [0.4, 0.5) is 10.7 Å². The molecule has 0 aliphatic carbocycles. The van der Waals surface area contributed by atoms with Crippen LogP contribution in [0.5, 0.6) is 5.75 Å².